The largest absolute Gasteiger partial charge is 0.493 e. The van der Waals surface area contributed by atoms with Crippen molar-refractivity contribution in [3.05, 3.63) is 29.3 Å². The molecule has 2 heteroatoms. The number of fused-ring (bicyclic) bond motifs is 1. The first-order valence-electron chi connectivity index (χ1n) is 7.70. The van der Waals surface area contributed by atoms with Crippen LogP contribution in [0.5, 0.6) is 5.75 Å². The van der Waals surface area contributed by atoms with E-state index in [9.17, 15) is 5.11 Å². The number of hydrogen-bond donors (Lipinski definition) is 1. The Morgan fingerprint density at radius 2 is 2.16 bits per heavy atom. The fourth-order valence-electron chi connectivity index (χ4n) is 2.89. The number of rotatable bonds is 6. The first kappa shape index (κ1) is 14.4. The van der Waals surface area contributed by atoms with E-state index in [4.69, 9.17) is 4.74 Å². The van der Waals surface area contributed by atoms with Gasteiger partial charge in [-0.2, -0.15) is 0 Å². The Bertz CT molecular complexity index is 400. The van der Waals surface area contributed by atoms with Gasteiger partial charge in [0.2, 0.25) is 0 Å². The third kappa shape index (κ3) is 3.50. The van der Waals surface area contributed by atoms with E-state index >= 15 is 0 Å². The van der Waals surface area contributed by atoms with Crippen LogP contribution in [0.2, 0.25) is 0 Å². The van der Waals surface area contributed by atoms with Crippen molar-refractivity contribution in [2.24, 2.45) is 5.92 Å². The molecule has 0 aliphatic carbocycles. The number of aliphatic hydroxyl groups is 1. The maximum atomic E-state index is 10.6. The molecule has 106 valence electrons. The van der Waals surface area contributed by atoms with Gasteiger partial charge >= 0.3 is 0 Å². The third-order valence-electron chi connectivity index (χ3n) is 4.17. The lowest BCUT2D eigenvalue weighted by Gasteiger charge is -2.24. The van der Waals surface area contributed by atoms with Crippen LogP contribution in [0.1, 0.15) is 63.2 Å². The Kier molecular flexibility index (Phi) is 5.26. The molecule has 0 spiro atoms. The van der Waals surface area contributed by atoms with E-state index in [0.29, 0.717) is 5.92 Å². The highest BCUT2D eigenvalue weighted by atomic mass is 16.5. The minimum Gasteiger partial charge on any atom is -0.493 e. The Morgan fingerprint density at radius 1 is 1.32 bits per heavy atom. The van der Waals surface area contributed by atoms with Crippen LogP contribution >= 0.6 is 0 Å². The van der Waals surface area contributed by atoms with E-state index in [1.807, 2.05) is 12.1 Å². The SMILES string of the molecule is CCCCC(CC)C(O)c1ccc2c(c1)CCCO2. The number of aryl methyl sites for hydroxylation is 1. The molecule has 2 nitrogen and oxygen atoms in total. The molecule has 0 saturated carbocycles. The molecule has 1 aromatic carbocycles. The van der Waals surface area contributed by atoms with Crippen LogP contribution in [0.3, 0.4) is 0 Å². The molecule has 1 aliphatic rings. The minimum atomic E-state index is -0.330. The lowest BCUT2D eigenvalue weighted by Crippen LogP contribution is -2.14. The molecular weight excluding hydrogens is 236 g/mol. The van der Waals surface area contributed by atoms with Crippen LogP contribution in [0.15, 0.2) is 18.2 Å². The van der Waals surface area contributed by atoms with Crippen molar-refractivity contribution in [1.29, 1.82) is 0 Å². The Morgan fingerprint density at radius 3 is 2.89 bits per heavy atom. The van der Waals surface area contributed by atoms with Gasteiger partial charge in [0.1, 0.15) is 5.75 Å². The van der Waals surface area contributed by atoms with Gasteiger partial charge in [-0.3, -0.25) is 0 Å². The van der Waals surface area contributed by atoms with Crippen LogP contribution in [-0.2, 0) is 6.42 Å². The summed E-state index contributed by atoms with van der Waals surface area (Å²) in [5.41, 5.74) is 2.32. The van der Waals surface area contributed by atoms with Gasteiger partial charge in [0.25, 0.3) is 0 Å². The maximum Gasteiger partial charge on any atom is 0.122 e. The van der Waals surface area contributed by atoms with Gasteiger partial charge in [0, 0.05) is 0 Å². The van der Waals surface area contributed by atoms with Crippen molar-refractivity contribution >= 4 is 0 Å². The summed E-state index contributed by atoms with van der Waals surface area (Å²) in [6.45, 7) is 5.20. The molecule has 19 heavy (non-hydrogen) atoms. The molecule has 1 aliphatic heterocycles. The van der Waals surface area contributed by atoms with E-state index in [1.54, 1.807) is 0 Å². The van der Waals surface area contributed by atoms with Crippen molar-refractivity contribution in [3.63, 3.8) is 0 Å². The van der Waals surface area contributed by atoms with Crippen molar-refractivity contribution in [3.8, 4) is 5.75 Å². The Balaban J connectivity index is 2.11. The molecule has 1 aromatic rings. The highest BCUT2D eigenvalue weighted by Gasteiger charge is 2.20. The maximum absolute atomic E-state index is 10.6. The molecule has 0 fully saturated rings. The second kappa shape index (κ2) is 6.95. The summed E-state index contributed by atoms with van der Waals surface area (Å²) in [6.07, 6.45) is 6.37. The average molecular weight is 262 g/mol. The zero-order chi connectivity index (χ0) is 13.7. The van der Waals surface area contributed by atoms with Gasteiger partial charge in [0.05, 0.1) is 12.7 Å². The number of aliphatic hydroxyl groups excluding tert-OH is 1. The zero-order valence-electron chi connectivity index (χ0n) is 12.2. The van der Waals surface area contributed by atoms with Crippen molar-refractivity contribution in [2.45, 2.75) is 58.5 Å². The van der Waals surface area contributed by atoms with Crippen LogP contribution in [-0.4, -0.2) is 11.7 Å². The summed E-state index contributed by atoms with van der Waals surface area (Å²) in [7, 11) is 0. The molecule has 1 heterocycles. The van der Waals surface area contributed by atoms with Crippen molar-refractivity contribution in [2.75, 3.05) is 6.61 Å². The van der Waals surface area contributed by atoms with E-state index < -0.39 is 0 Å². The first-order valence-corrected chi connectivity index (χ1v) is 7.70. The number of unbranched alkanes of at least 4 members (excludes halogenated alkanes) is 1. The first-order chi connectivity index (χ1) is 9.26. The van der Waals surface area contributed by atoms with E-state index in [1.165, 1.54) is 18.4 Å². The molecular formula is C17H26O2. The fourth-order valence-corrected chi connectivity index (χ4v) is 2.89. The van der Waals surface area contributed by atoms with Crippen molar-refractivity contribution < 1.29 is 9.84 Å². The number of hydrogen-bond acceptors (Lipinski definition) is 2. The van der Waals surface area contributed by atoms with E-state index in [0.717, 1.165) is 43.6 Å². The van der Waals surface area contributed by atoms with Gasteiger partial charge in [-0.15, -0.1) is 0 Å². The predicted molar refractivity (Wildman–Crippen MR) is 78.5 cm³/mol. The molecule has 1 N–H and O–H groups in total. The molecule has 0 saturated heterocycles. The standard InChI is InChI=1S/C17H26O2/c1-3-5-7-13(4-2)17(18)15-9-10-16-14(12-15)8-6-11-19-16/h9-10,12-13,17-18H,3-8,11H2,1-2H3. The molecule has 0 amide bonds. The fraction of sp³-hybridized carbons (Fsp3) is 0.647. The van der Waals surface area contributed by atoms with Crippen LogP contribution in [0, 0.1) is 5.92 Å². The van der Waals surface area contributed by atoms with Crippen molar-refractivity contribution in [1.82, 2.24) is 0 Å². The highest BCUT2D eigenvalue weighted by Crippen LogP contribution is 2.33. The topological polar surface area (TPSA) is 29.5 Å². The molecule has 0 aromatic heterocycles. The van der Waals surface area contributed by atoms with Crippen LogP contribution < -0.4 is 4.74 Å². The average Bonchev–Trinajstić information content (AvgIpc) is 2.47. The molecule has 0 bridgehead atoms. The minimum absolute atomic E-state index is 0.330. The normalized spacial score (nSPS) is 17.4. The Hall–Kier alpha value is -1.02. The van der Waals surface area contributed by atoms with Gasteiger partial charge in [-0.1, -0.05) is 39.2 Å². The summed E-state index contributed by atoms with van der Waals surface area (Å²) in [5, 5.41) is 10.6. The van der Waals surface area contributed by atoms with Gasteiger partial charge in [0.15, 0.2) is 0 Å². The Labute approximate surface area is 116 Å². The second-order valence-corrected chi connectivity index (χ2v) is 5.57. The number of ether oxygens (including phenoxy) is 1. The summed E-state index contributed by atoms with van der Waals surface area (Å²) < 4.78 is 5.63. The van der Waals surface area contributed by atoms with Crippen LogP contribution in [0.4, 0.5) is 0 Å². The summed E-state index contributed by atoms with van der Waals surface area (Å²) in [5.74, 6) is 1.38. The molecule has 2 rings (SSSR count). The van der Waals surface area contributed by atoms with Gasteiger partial charge in [-0.25, -0.2) is 0 Å². The monoisotopic (exact) mass is 262 g/mol. The third-order valence-corrected chi connectivity index (χ3v) is 4.17. The zero-order valence-corrected chi connectivity index (χ0v) is 12.2. The predicted octanol–water partition coefficient (Wildman–Crippen LogP) is 4.26. The van der Waals surface area contributed by atoms with E-state index in [-0.39, 0.29) is 6.10 Å². The number of benzene rings is 1. The summed E-state index contributed by atoms with van der Waals surface area (Å²) in [6, 6.07) is 6.21. The highest BCUT2D eigenvalue weighted by molar-refractivity contribution is 5.39. The molecule has 2 atom stereocenters. The van der Waals surface area contributed by atoms with E-state index in [2.05, 4.69) is 19.9 Å². The summed E-state index contributed by atoms with van der Waals surface area (Å²) in [4.78, 5) is 0. The second-order valence-electron chi connectivity index (χ2n) is 5.57. The summed E-state index contributed by atoms with van der Waals surface area (Å²) >= 11 is 0. The smallest absolute Gasteiger partial charge is 0.122 e. The molecule has 0 radical (unpaired) electrons. The van der Waals surface area contributed by atoms with Gasteiger partial charge in [-0.05, 0) is 48.4 Å². The molecule has 2 unspecified atom stereocenters. The lowest BCUT2D eigenvalue weighted by atomic mass is 9.88. The quantitative estimate of drug-likeness (QED) is 0.830. The van der Waals surface area contributed by atoms with Crippen LogP contribution in [0.25, 0.3) is 0 Å². The lowest BCUT2D eigenvalue weighted by molar-refractivity contribution is 0.0987. The van der Waals surface area contributed by atoms with Gasteiger partial charge < -0.3 is 9.84 Å².